The predicted molar refractivity (Wildman–Crippen MR) is 66.8 cm³/mol. The van der Waals surface area contributed by atoms with Crippen molar-refractivity contribution in [1.82, 2.24) is 5.32 Å². The number of nitrogens with two attached hydrogens (primary N) is 1. The van der Waals surface area contributed by atoms with Crippen molar-refractivity contribution in [2.75, 3.05) is 0 Å². The number of alkyl halides is 3. The lowest BCUT2D eigenvalue weighted by molar-refractivity contribution is -0.140. The van der Waals surface area contributed by atoms with Gasteiger partial charge >= 0.3 is 6.18 Å². The molecule has 0 fully saturated rings. The summed E-state index contributed by atoms with van der Waals surface area (Å²) in [7, 11) is 0. The Morgan fingerprint density at radius 2 is 1.81 bits per heavy atom. The van der Waals surface area contributed by atoms with E-state index in [2.05, 4.69) is 5.32 Å². The van der Waals surface area contributed by atoms with Gasteiger partial charge in [0.15, 0.2) is 0 Å². The molecule has 1 rings (SSSR count). The number of benzene rings is 1. The number of rotatable bonds is 4. The summed E-state index contributed by atoms with van der Waals surface area (Å²) < 4.78 is 50.8. The fourth-order valence-electron chi connectivity index (χ4n) is 1.74. The van der Waals surface area contributed by atoms with Gasteiger partial charge in [-0.25, -0.2) is 4.39 Å². The zero-order chi connectivity index (χ0) is 16.4. The third-order valence-corrected chi connectivity index (χ3v) is 2.60. The molecule has 0 radical (unpaired) electrons. The molecule has 0 heterocycles. The average molecular weight is 306 g/mol. The van der Waals surface area contributed by atoms with Crippen LogP contribution in [0, 0.1) is 5.82 Å². The summed E-state index contributed by atoms with van der Waals surface area (Å²) >= 11 is 0. The Balaban J connectivity index is 3.02. The highest BCUT2D eigenvalue weighted by molar-refractivity contribution is 5.95. The molecule has 0 aromatic heterocycles. The number of hydrogen-bond acceptors (Lipinski definition) is 2. The van der Waals surface area contributed by atoms with Crippen LogP contribution >= 0.6 is 0 Å². The van der Waals surface area contributed by atoms with Crippen LogP contribution in [-0.4, -0.2) is 17.4 Å². The molecule has 8 heteroatoms. The van der Waals surface area contributed by atoms with Gasteiger partial charge in [0.25, 0.3) is 5.91 Å². The minimum Gasteiger partial charge on any atom is -0.370 e. The van der Waals surface area contributed by atoms with Gasteiger partial charge < -0.3 is 11.1 Å². The van der Waals surface area contributed by atoms with Crippen LogP contribution in [0.25, 0.3) is 0 Å². The summed E-state index contributed by atoms with van der Waals surface area (Å²) in [5.74, 6) is -2.99. The summed E-state index contributed by atoms with van der Waals surface area (Å²) in [4.78, 5) is 22.7. The van der Waals surface area contributed by atoms with Crippen molar-refractivity contribution in [3.05, 3.63) is 35.1 Å². The molecule has 1 aromatic carbocycles. The lowest BCUT2D eigenvalue weighted by atomic mass is 9.99. The molecule has 0 unspecified atom stereocenters. The second kappa shape index (κ2) is 5.71. The molecule has 4 nitrogen and oxygen atoms in total. The maximum Gasteiger partial charge on any atom is 0.419 e. The fourth-order valence-corrected chi connectivity index (χ4v) is 1.74. The monoisotopic (exact) mass is 306 g/mol. The van der Waals surface area contributed by atoms with Gasteiger partial charge in [0, 0.05) is 17.5 Å². The SMILES string of the molecule is CC(C)(CC(N)=O)NC(=O)c1ccc(F)c(C(F)(F)F)c1. The van der Waals surface area contributed by atoms with E-state index in [1.807, 2.05) is 0 Å². The first-order valence-corrected chi connectivity index (χ1v) is 5.90. The van der Waals surface area contributed by atoms with Gasteiger partial charge in [0.2, 0.25) is 5.91 Å². The third-order valence-electron chi connectivity index (χ3n) is 2.60. The maximum absolute atomic E-state index is 13.1. The second-order valence-corrected chi connectivity index (χ2v) is 5.17. The minimum atomic E-state index is -4.90. The average Bonchev–Trinajstić information content (AvgIpc) is 2.24. The molecule has 0 saturated carbocycles. The normalized spacial score (nSPS) is 12.1. The summed E-state index contributed by atoms with van der Waals surface area (Å²) in [6, 6.07) is 1.92. The molecule has 0 aliphatic carbocycles. The van der Waals surface area contributed by atoms with Crippen molar-refractivity contribution in [1.29, 1.82) is 0 Å². The third kappa shape index (κ3) is 4.73. The minimum absolute atomic E-state index is 0.188. The van der Waals surface area contributed by atoms with E-state index < -0.39 is 34.9 Å². The number of halogens is 4. The van der Waals surface area contributed by atoms with Crippen LogP contribution in [0.1, 0.15) is 36.2 Å². The molecule has 0 saturated heterocycles. The van der Waals surface area contributed by atoms with E-state index in [1.165, 1.54) is 13.8 Å². The van der Waals surface area contributed by atoms with E-state index in [4.69, 9.17) is 5.73 Å². The summed E-state index contributed by atoms with van der Waals surface area (Å²) in [6.07, 6.45) is -5.09. The lowest BCUT2D eigenvalue weighted by Crippen LogP contribution is -2.46. The highest BCUT2D eigenvalue weighted by Gasteiger charge is 2.35. The smallest absolute Gasteiger partial charge is 0.370 e. The Hall–Kier alpha value is -2.12. The van der Waals surface area contributed by atoms with Gasteiger partial charge in [0.05, 0.1) is 5.56 Å². The number of hydrogen-bond donors (Lipinski definition) is 2. The first-order valence-electron chi connectivity index (χ1n) is 5.90. The molecule has 3 N–H and O–H groups in total. The maximum atomic E-state index is 13.1. The van der Waals surface area contributed by atoms with Gasteiger partial charge in [-0.2, -0.15) is 13.2 Å². The molecule has 0 aliphatic heterocycles. The van der Waals surface area contributed by atoms with E-state index >= 15 is 0 Å². The van der Waals surface area contributed by atoms with Crippen molar-refractivity contribution >= 4 is 11.8 Å². The van der Waals surface area contributed by atoms with Gasteiger partial charge in [-0.3, -0.25) is 9.59 Å². The van der Waals surface area contributed by atoms with Crippen LogP contribution in [-0.2, 0) is 11.0 Å². The van der Waals surface area contributed by atoms with Crippen molar-refractivity contribution < 1.29 is 27.2 Å². The topological polar surface area (TPSA) is 72.2 Å². The van der Waals surface area contributed by atoms with Crippen LogP contribution in [0.15, 0.2) is 18.2 Å². The largest absolute Gasteiger partial charge is 0.419 e. The van der Waals surface area contributed by atoms with Crippen LogP contribution in [0.4, 0.5) is 17.6 Å². The first kappa shape index (κ1) is 16.9. The Morgan fingerprint density at radius 1 is 1.24 bits per heavy atom. The molecular formula is C13H14F4N2O2. The van der Waals surface area contributed by atoms with E-state index in [-0.39, 0.29) is 12.0 Å². The Labute approximate surface area is 118 Å². The standard InChI is InChI=1S/C13H14F4N2O2/c1-12(2,6-10(18)20)19-11(21)7-3-4-9(14)8(5-7)13(15,16)17/h3-5H,6H2,1-2H3,(H2,18,20)(H,19,21). The molecule has 0 bridgehead atoms. The summed E-state index contributed by atoms with van der Waals surface area (Å²) in [5, 5.41) is 2.37. The molecular weight excluding hydrogens is 292 g/mol. The zero-order valence-electron chi connectivity index (χ0n) is 11.3. The zero-order valence-corrected chi connectivity index (χ0v) is 11.3. The quantitative estimate of drug-likeness (QED) is 0.837. The van der Waals surface area contributed by atoms with Gasteiger partial charge in [-0.1, -0.05) is 0 Å². The molecule has 0 spiro atoms. The van der Waals surface area contributed by atoms with E-state index in [1.54, 1.807) is 0 Å². The summed E-state index contributed by atoms with van der Waals surface area (Å²) in [6.45, 7) is 2.98. The molecule has 1 aromatic rings. The van der Waals surface area contributed by atoms with Crippen molar-refractivity contribution in [3.63, 3.8) is 0 Å². The van der Waals surface area contributed by atoms with Crippen LogP contribution in [0.5, 0.6) is 0 Å². The van der Waals surface area contributed by atoms with Crippen molar-refractivity contribution in [2.24, 2.45) is 5.73 Å². The van der Waals surface area contributed by atoms with E-state index in [0.717, 1.165) is 6.07 Å². The second-order valence-electron chi connectivity index (χ2n) is 5.17. The number of nitrogens with one attached hydrogen (secondary N) is 1. The number of amides is 2. The van der Waals surface area contributed by atoms with E-state index in [9.17, 15) is 27.2 Å². The number of carbonyl (C=O) groups excluding carboxylic acids is 2. The fraction of sp³-hybridized carbons (Fsp3) is 0.385. The van der Waals surface area contributed by atoms with Crippen LogP contribution < -0.4 is 11.1 Å². The number of primary amides is 1. The van der Waals surface area contributed by atoms with Gasteiger partial charge in [-0.05, 0) is 32.0 Å². The van der Waals surface area contributed by atoms with Crippen molar-refractivity contribution in [2.45, 2.75) is 32.0 Å². The van der Waals surface area contributed by atoms with Crippen molar-refractivity contribution in [3.8, 4) is 0 Å². The molecule has 2 amide bonds. The predicted octanol–water partition coefficient (Wildman–Crippen LogP) is 2.23. The van der Waals surface area contributed by atoms with E-state index in [0.29, 0.717) is 12.1 Å². The van der Waals surface area contributed by atoms with Crippen LogP contribution in [0.2, 0.25) is 0 Å². The van der Waals surface area contributed by atoms with Gasteiger partial charge in [0.1, 0.15) is 5.82 Å². The highest BCUT2D eigenvalue weighted by Crippen LogP contribution is 2.32. The Kier molecular flexibility index (Phi) is 4.60. The molecule has 0 atom stereocenters. The Bertz CT molecular complexity index is 568. The number of carbonyl (C=O) groups is 2. The molecule has 0 aliphatic rings. The molecule has 116 valence electrons. The first-order chi connectivity index (χ1) is 9.42. The molecule has 21 heavy (non-hydrogen) atoms. The highest BCUT2D eigenvalue weighted by atomic mass is 19.4. The lowest BCUT2D eigenvalue weighted by Gasteiger charge is -2.25. The van der Waals surface area contributed by atoms with Gasteiger partial charge in [-0.15, -0.1) is 0 Å². The summed E-state index contributed by atoms with van der Waals surface area (Å²) in [5.41, 5.74) is 2.09. The van der Waals surface area contributed by atoms with Crippen LogP contribution in [0.3, 0.4) is 0 Å². The Morgan fingerprint density at radius 3 is 2.29 bits per heavy atom.